The van der Waals surface area contributed by atoms with Gasteiger partial charge in [0.25, 0.3) is 5.91 Å². The first-order valence-corrected chi connectivity index (χ1v) is 14.1. The normalized spacial score (nSPS) is 22.3. The molecule has 0 saturated heterocycles. The fraction of sp³-hybridized carbons (Fsp3) is 0.500. The number of rotatable bonds is 8. The number of anilines is 1. The minimum atomic E-state index is -1.66. The number of amides is 2. The predicted molar refractivity (Wildman–Crippen MR) is 154 cm³/mol. The van der Waals surface area contributed by atoms with Crippen LogP contribution in [0.2, 0.25) is 0 Å². The molecule has 6 rings (SSSR count). The molecule has 3 aliphatic carbocycles. The van der Waals surface area contributed by atoms with Crippen LogP contribution in [0.25, 0.3) is 16.9 Å². The number of halogens is 1. The van der Waals surface area contributed by atoms with E-state index >= 15 is 0 Å². The highest BCUT2D eigenvalue weighted by Crippen LogP contribution is 2.50. The predicted octanol–water partition coefficient (Wildman–Crippen LogP) is 4.06. The van der Waals surface area contributed by atoms with Crippen LogP contribution in [0.3, 0.4) is 0 Å². The van der Waals surface area contributed by atoms with Crippen molar-refractivity contribution < 1.29 is 23.8 Å². The molecule has 2 bridgehead atoms. The average molecular weight is 578 g/mol. The summed E-state index contributed by atoms with van der Waals surface area (Å²) in [6, 6.07) is 9.29. The third-order valence-corrected chi connectivity index (χ3v) is 8.50. The zero-order valence-electron chi connectivity index (χ0n) is 24.3. The molecule has 2 amide bonds. The number of nitrogens with one attached hydrogen (secondary N) is 2. The van der Waals surface area contributed by atoms with Gasteiger partial charge in [0.15, 0.2) is 0 Å². The van der Waals surface area contributed by atoms with E-state index in [1.807, 2.05) is 12.1 Å². The van der Waals surface area contributed by atoms with Crippen molar-refractivity contribution >= 4 is 23.2 Å². The van der Waals surface area contributed by atoms with Gasteiger partial charge in [0.1, 0.15) is 17.8 Å². The molecule has 3 saturated carbocycles. The Morgan fingerprint density at radius 3 is 2.50 bits per heavy atom. The van der Waals surface area contributed by atoms with Gasteiger partial charge in [0, 0.05) is 25.8 Å². The highest BCUT2D eigenvalue weighted by molar-refractivity contribution is 6.00. The maximum Gasteiger partial charge on any atom is 0.409 e. The van der Waals surface area contributed by atoms with Gasteiger partial charge in [-0.05, 0) is 76.6 Å². The quantitative estimate of drug-likeness (QED) is 0.364. The van der Waals surface area contributed by atoms with E-state index in [1.165, 1.54) is 31.1 Å². The molecule has 0 aromatic carbocycles. The van der Waals surface area contributed by atoms with Gasteiger partial charge in [-0.1, -0.05) is 0 Å². The van der Waals surface area contributed by atoms with Crippen LogP contribution in [0, 0.1) is 11.3 Å². The Morgan fingerprint density at radius 2 is 1.88 bits per heavy atom. The van der Waals surface area contributed by atoms with Gasteiger partial charge in [0.05, 0.1) is 52.1 Å². The topological polar surface area (TPSA) is 145 Å². The molecule has 12 heteroatoms. The summed E-state index contributed by atoms with van der Waals surface area (Å²) in [6.45, 7) is 2.34. The second-order valence-electron chi connectivity index (χ2n) is 12.2. The maximum atomic E-state index is 14.4. The summed E-state index contributed by atoms with van der Waals surface area (Å²) in [5, 5.41) is 29.8. The van der Waals surface area contributed by atoms with E-state index in [4.69, 9.17) is 4.74 Å². The number of hydrogen-bond donors (Lipinski definition) is 3. The molecule has 0 radical (unpaired) electrons. The Hall–Kier alpha value is -4.24. The van der Waals surface area contributed by atoms with E-state index in [2.05, 4.69) is 26.8 Å². The summed E-state index contributed by atoms with van der Waals surface area (Å²) in [4.78, 5) is 31.6. The summed E-state index contributed by atoms with van der Waals surface area (Å²) >= 11 is 0. The molecular formula is C30H36FN7O4. The molecule has 0 spiro atoms. The second-order valence-corrected chi connectivity index (χ2v) is 12.2. The van der Waals surface area contributed by atoms with Crippen LogP contribution < -0.4 is 10.6 Å². The van der Waals surface area contributed by atoms with E-state index in [9.17, 15) is 24.3 Å². The fourth-order valence-electron chi connectivity index (χ4n) is 5.72. The number of aliphatic hydroxyl groups is 1. The standard InChI is InChI=1S/C30H36FN7O4/c1-28(2,41)25(31)18-34-26(39)21-17-33-23(24-6-5-20-13-19(15-32)16-35-38(20)24)14-22(21)36-29-7-10-30(11-8-29,12-9-29)42-27(40)37(3)4/h5-6,13-14,16-17,25,41H,7-12,18H2,1-4H3,(H,33,36)(H,34,39)/t25-,29?,30?/m1/s1. The minimum absolute atomic E-state index is 0.248. The SMILES string of the molecule is CN(C)C(=O)OC12CCC(Nc3cc(-c4ccc5cc(C#N)cnn45)ncc3C(=O)NC[C@@H](F)C(C)(C)O)(CC1)CC2. The van der Waals surface area contributed by atoms with Crippen molar-refractivity contribution in [3.63, 3.8) is 0 Å². The molecule has 222 valence electrons. The van der Waals surface area contributed by atoms with Crippen molar-refractivity contribution in [3.05, 3.63) is 47.8 Å². The van der Waals surface area contributed by atoms with Crippen LogP contribution in [0.5, 0.6) is 0 Å². The third-order valence-electron chi connectivity index (χ3n) is 8.50. The van der Waals surface area contributed by atoms with E-state index in [0.29, 0.717) is 41.9 Å². The number of alkyl halides is 1. The summed E-state index contributed by atoms with van der Waals surface area (Å²) in [5.41, 5.74) is 0.779. The number of carbonyl (C=O) groups excluding carboxylic acids is 2. The largest absolute Gasteiger partial charge is 0.443 e. The Labute approximate surface area is 243 Å². The molecule has 0 unspecified atom stereocenters. The molecule has 3 N–H and O–H groups in total. The van der Waals surface area contributed by atoms with Crippen LogP contribution in [-0.2, 0) is 4.74 Å². The van der Waals surface area contributed by atoms with Gasteiger partial charge in [-0.25, -0.2) is 13.7 Å². The van der Waals surface area contributed by atoms with Crippen molar-refractivity contribution in [3.8, 4) is 17.5 Å². The molecule has 3 aromatic rings. The van der Waals surface area contributed by atoms with Crippen LogP contribution in [0.15, 0.2) is 36.7 Å². The first-order valence-electron chi connectivity index (χ1n) is 14.1. The van der Waals surface area contributed by atoms with Gasteiger partial charge >= 0.3 is 6.09 Å². The zero-order valence-corrected chi connectivity index (χ0v) is 24.3. The van der Waals surface area contributed by atoms with E-state index in [-0.39, 0.29) is 23.7 Å². The highest BCUT2D eigenvalue weighted by Gasteiger charge is 2.51. The molecular weight excluding hydrogens is 541 g/mol. The highest BCUT2D eigenvalue weighted by atomic mass is 19.1. The molecule has 42 heavy (non-hydrogen) atoms. The average Bonchev–Trinajstić information content (AvgIpc) is 3.39. The molecule has 0 aliphatic heterocycles. The summed E-state index contributed by atoms with van der Waals surface area (Å²) in [5.74, 6) is -0.516. The van der Waals surface area contributed by atoms with Crippen LogP contribution in [-0.4, -0.2) is 80.2 Å². The monoisotopic (exact) mass is 577 g/mol. The van der Waals surface area contributed by atoms with E-state index in [0.717, 1.165) is 24.8 Å². The molecule has 3 aromatic heterocycles. The number of nitriles is 1. The first-order chi connectivity index (χ1) is 19.8. The summed E-state index contributed by atoms with van der Waals surface area (Å²) in [6.07, 6.45) is 5.24. The number of ether oxygens (including phenoxy) is 1. The van der Waals surface area contributed by atoms with Gasteiger partial charge in [0.2, 0.25) is 0 Å². The van der Waals surface area contributed by atoms with E-state index in [1.54, 1.807) is 30.7 Å². The summed E-state index contributed by atoms with van der Waals surface area (Å²) in [7, 11) is 3.34. The smallest absolute Gasteiger partial charge is 0.409 e. The van der Waals surface area contributed by atoms with Gasteiger partial charge in [-0.3, -0.25) is 9.78 Å². The van der Waals surface area contributed by atoms with Crippen LogP contribution in [0.4, 0.5) is 14.9 Å². The number of aromatic nitrogens is 3. The Kier molecular flexibility index (Phi) is 7.57. The van der Waals surface area contributed by atoms with Crippen molar-refractivity contribution in [2.45, 2.75) is 75.3 Å². The molecule has 11 nitrogen and oxygen atoms in total. The van der Waals surface area contributed by atoms with Gasteiger partial charge in [-0.15, -0.1) is 0 Å². The van der Waals surface area contributed by atoms with Crippen molar-refractivity contribution in [2.75, 3.05) is 26.0 Å². The number of fused-ring (bicyclic) bond motifs is 4. The van der Waals surface area contributed by atoms with Gasteiger partial charge < -0.3 is 25.4 Å². The first kappa shape index (κ1) is 29.3. The zero-order chi connectivity index (χ0) is 30.3. The Morgan fingerprint density at radius 1 is 1.19 bits per heavy atom. The number of pyridine rings is 1. The van der Waals surface area contributed by atoms with E-state index < -0.39 is 23.3 Å². The van der Waals surface area contributed by atoms with Crippen LogP contribution >= 0.6 is 0 Å². The minimum Gasteiger partial charge on any atom is -0.443 e. The number of carbonyl (C=O) groups is 2. The second kappa shape index (κ2) is 10.9. The maximum absolute atomic E-state index is 14.4. The molecule has 3 heterocycles. The number of nitrogens with zero attached hydrogens (tertiary/aromatic N) is 5. The van der Waals surface area contributed by atoms with Crippen molar-refractivity contribution in [1.29, 1.82) is 5.26 Å². The van der Waals surface area contributed by atoms with Crippen LogP contribution in [0.1, 0.15) is 68.3 Å². The Balaban J connectivity index is 1.45. The van der Waals surface area contributed by atoms with Crippen molar-refractivity contribution in [2.24, 2.45) is 0 Å². The Bertz CT molecular complexity index is 1530. The third kappa shape index (κ3) is 5.74. The molecule has 3 aliphatic rings. The number of hydrogen-bond acceptors (Lipinski definition) is 8. The lowest BCUT2D eigenvalue weighted by atomic mass is 9.63. The molecule has 3 fully saturated rings. The lowest BCUT2D eigenvalue weighted by Gasteiger charge is -2.53. The van der Waals surface area contributed by atoms with Gasteiger partial charge in [-0.2, -0.15) is 10.4 Å². The summed E-state index contributed by atoms with van der Waals surface area (Å²) < 4.78 is 22.0. The van der Waals surface area contributed by atoms with Crippen molar-refractivity contribution in [1.82, 2.24) is 24.8 Å². The fourth-order valence-corrected chi connectivity index (χ4v) is 5.72. The lowest BCUT2D eigenvalue weighted by Crippen LogP contribution is -2.56. The molecule has 1 atom stereocenters. The lowest BCUT2D eigenvalue weighted by molar-refractivity contribution is -0.0754.